The van der Waals surface area contributed by atoms with Crippen LogP contribution in [0.5, 0.6) is 11.6 Å². The number of aryl methyl sites for hydroxylation is 1. The highest BCUT2D eigenvalue weighted by Gasteiger charge is 2.46. The molecule has 0 aliphatic carbocycles. The molecule has 1 spiro atoms. The second kappa shape index (κ2) is 14.6. The Morgan fingerprint density at radius 3 is 2.46 bits per heavy atom. The fraction of sp³-hybridized carbons (Fsp3) is 0.444. The van der Waals surface area contributed by atoms with Gasteiger partial charge in [-0.15, -0.1) is 0 Å². The van der Waals surface area contributed by atoms with E-state index < -0.39 is 12.3 Å². The minimum absolute atomic E-state index is 0.0779. The van der Waals surface area contributed by atoms with E-state index >= 15 is 0 Å². The highest BCUT2D eigenvalue weighted by atomic mass is 19.4. The molecule has 14 heteroatoms. The second-order valence-corrected chi connectivity index (χ2v) is 12.9. The van der Waals surface area contributed by atoms with Crippen LogP contribution in [0.4, 0.5) is 24.9 Å². The van der Waals surface area contributed by atoms with Gasteiger partial charge in [0.2, 0.25) is 17.9 Å². The van der Waals surface area contributed by atoms with Gasteiger partial charge in [-0.2, -0.15) is 28.2 Å². The molecule has 0 saturated carbocycles. The number of esters is 1. The number of benzene rings is 2. The number of alkyl halides is 3. The van der Waals surface area contributed by atoms with Crippen molar-refractivity contribution in [1.82, 2.24) is 25.1 Å². The molecule has 2 atom stereocenters. The molecule has 0 bridgehead atoms. The zero-order valence-corrected chi connectivity index (χ0v) is 28.4. The minimum atomic E-state index is -4.82. The van der Waals surface area contributed by atoms with Crippen LogP contribution in [-0.4, -0.2) is 70.8 Å². The molecule has 11 nitrogen and oxygen atoms in total. The lowest BCUT2D eigenvalue weighted by Gasteiger charge is -2.39. The van der Waals surface area contributed by atoms with Crippen molar-refractivity contribution in [3.63, 3.8) is 0 Å². The van der Waals surface area contributed by atoms with Crippen LogP contribution in [0.25, 0.3) is 16.8 Å². The van der Waals surface area contributed by atoms with Crippen molar-refractivity contribution in [3.8, 4) is 28.4 Å². The highest BCUT2D eigenvalue weighted by molar-refractivity contribution is 5.76. The van der Waals surface area contributed by atoms with Crippen molar-refractivity contribution in [1.29, 1.82) is 0 Å². The standard InChI is InChI=1S/C36H42F3N7O4/c1-4-18-49-26-9-6-24(7-10-26)25-8-11-27(29(19-25)46-15-12-23(3)44-46)32(36(37,38)39)50-31-20-30(42-34(40)43-31)45-16-13-35(14-17-45)21-28(41-22-35)33(47)48-5-2/h6-12,15,19-20,28,32,41H,4-5,13-14,16-18,21-22H2,1-3H3,(H2,40,42,43)/t28?,32-/m1/s1. The predicted octanol–water partition coefficient (Wildman–Crippen LogP) is 6.20. The fourth-order valence-corrected chi connectivity index (χ4v) is 6.65. The molecular weight excluding hydrogens is 651 g/mol. The normalized spacial score (nSPS) is 17.9. The molecule has 2 fully saturated rings. The number of aromatic nitrogens is 4. The molecular formula is C36H42F3N7O4. The third-order valence-electron chi connectivity index (χ3n) is 9.26. The highest BCUT2D eigenvalue weighted by Crippen LogP contribution is 2.43. The Bertz CT molecular complexity index is 1790. The Balaban J connectivity index is 1.26. The molecule has 2 aromatic heterocycles. The first kappa shape index (κ1) is 35.0. The quantitative estimate of drug-likeness (QED) is 0.175. The number of carbonyl (C=O) groups excluding carboxylic acids is 1. The number of nitrogens with zero attached hydrogens (tertiary/aromatic N) is 5. The topological polar surface area (TPSA) is 130 Å². The third-order valence-corrected chi connectivity index (χ3v) is 9.26. The van der Waals surface area contributed by atoms with Crippen LogP contribution in [0.2, 0.25) is 0 Å². The lowest BCUT2D eigenvalue weighted by atomic mass is 9.76. The number of hydrogen-bond acceptors (Lipinski definition) is 10. The predicted molar refractivity (Wildman–Crippen MR) is 182 cm³/mol. The molecule has 1 unspecified atom stereocenters. The van der Waals surface area contributed by atoms with Crippen LogP contribution < -0.4 is 25.4 Å². The molecule has 2 aromatic carbocycles. The summed E-state index contributed by atoms with van der Waals surface area (Å²) in [7, 11) is 0. The molecule has 0 amide bonds. The molecule has 3 N–H and O–H groups in total. The maximum atomic E-state index is 14.9. The summed E-state index contributed by atoms with van der Waals surface area (Å²) in [6.45, 7) is 8.32. The summed E-state index contributed by atoms with van der Waals surface area (Å²) in [5.74, 6) is 0.346. The van der Waals surface area contributed by atoms with Gasteiger partial charge in [0.25, 0.3) is 0 Å². The van der Waals surface area contributed by atoms with Gasteiger partial charge in [-0.3, -0.25) is 4.79 Å². The van der Waals surface area contributed by atoms with Crippen molar-refractivity contribution in [2.45, 2.75) is 64.8 Å². The monoisotopic (exact) mass is 693 g/mol. The van der Waals surface area contributed by atoms with E-state index in [1.807, 2.05) is 36.1 Å². The molecule has 6 rings (SSSR count). The molecule has 0 radical (unpaired) electrons. The number of rotatable bonds is 11. The molecule has 266 valence electrons. The number of carbonyl (C=O) groups is 1. The van der Waals surface area contributed by atoms with Gasteiger partial charge < -0.3 is 30.2 Å². The summed E-state index contributed by atoms with van der Waals surface area (Å²) in [6, 6.07) is 14.9. The number of nitrogens with two attached hydrogens (primary N) is 1. The second-order valence-electron chi connectivity index (χ2n) is 12.9. The van der Waals surface area contributed by atoms with Crippen molar-refractivity contribution < 1.29 is 32.2 Å². The van der Waals surface area contributed by atoms with E-state index in [-0.39, 0.29) is 40.5 Å². The molecule has 4 aromatic rings. The van der Waals surface area contributed by atoms with E-state index in [1.54, 1.807) is 38.2 Å². The van der Waals surface area contributed by atoms with Crippen molar-refractivity contribution in [2.75, 3.05) is 43.5 Å². The first-order chi connectivity index (χ1) is 24.0. The third kappa shape index (κ3) is 7.80. The molecule has 2 aliphatic heterocycles. The van der Waals surface area contributed by atoms with Gasteiger partial charge in [-0.1, -0.05) is 31.2 Å². The van der Waals surface area contributed by atoms with Crippen molar-refractivity contribution >= 4 is 17.7 Å². The summed E-state index contributed by atoms with van der Waals surface area (Å²) >= 11 is 0. The Hall–Kier alpha value is -4.85. The Morgan fingerprint density at radius 1 is 1.06 bits per heavy atom. The van der Waals surface area contributed by atoms with Gasteiger partial charge in [0, 0.05) is 37.5 Å². The summed E-state index contributed by atoms with van der Waals surface area (Å²) in [4.78, 5) is 22.6. The number of anilines is 2. The number of piperidine rings is 1. The Morgan fingerprint density at radius 2 is 1.80 bits per heavy atom. The maximum absolute atomic E-state index is 14.9. The first-order valence-electron chi connectivity index (χ1n) is 16.9. The van der Waals surface area contributed by atoms with Crippen molar-refractivity contribution in [2.24, 2.45) is 5.41 Å². The molecule has 4 heterocycles. The number of nitrogens with one attached hydrogen (secondary N) is 1. The Labute approximate surface area is 288 Å². The van der Waals surface area contributed by atoms with E-state index in [1.165, 1.54) is 16.8 Å². The number of hydrogen-bond donors (Lipinski definition) is 2. The van der Waals surface area contributed by atoms with Crippen LogP contribution in [0, 0.1) is 12.3 Å². The van der Waals surface area contributed by atoms with Crippen LogP contribution in [0.15, 0.2) is 60.8 Å². The van der Waals surface area contributed by atoms with E-state index in [4.69, 9.17) is 19.9 Å². The van der Waals surface area contributed by atoms with Crippen LogP contribution in [0.1, 0.15) is 56.9 Å². The smallest absolute Gasteiger partial charge is 0.429 e. The van der Waals surface area contributed by atoms with Gasteiger partial charge in [0.15, 0.2) is 0 Å². The van der Waals surface area contributed by atoms with E-state index in [2.05, 4.69) is 20.4 Å². The maximum Gasteiger partial charge on any atom is 0.429 e. The largest absolute Gasteiger partial charge is 0.494 e. The van der Waals surface area contributed by atoms with E-state index in [0.29, 0.717) is 62.1 Å². The van der Waals surface area contributed by atoms with Gasteiger partial charge >= 0.3 is 12.1 Å². The van der Waals surface area contributed by atoms with Crippen LogP contribution in [0.3, 0.4) is 0 Å². The van der Waals surface area contributed by atoms with Crippen molar-refractivity contribution in [3.05, 3.63) is 72.1 Å². The fourth-order valence-electron chi connectivity index (χ4n) is 6.65. The van der Waals surface area contributed by atoms with E-state index in [0.717, 1.165) is 24.8 Å². The number of nitrogen functional groups attached to an aromatic ring is 1. The summed E-state index contributed by atoms with van der Waals surface area (Å²) in [5, 5.41) is 7.72. The average molecular weight is 694 g/mol. The lowest BCUT2D eigenvalue weighted by molar-refractivity contribution is -0.198. The van der Waals surface area contributed by atoms with Gasteiger partial charge in [0.05, 0.1) is 24.6 Å². The number of halogens is 3. The lowest BCUT2D eigenvalue weighted by Crippen LogP contribution is -2.41. The SMILES string of the molecule is CCCOc1ccc(-c2ccc([C@@H](Oc3cc(N4CCC5(CC4)CNC(C(=O)OCC)C5)nc(N)n3)C(F)(F)F)c(-n3ccc(C)n3)c2)cc1. The minimum Gasteiger partial charge on any atom is -0.494 e. The average Bonchev–Trinajstić information content (AvgIpc) is 3.72. The van der Waals surface area contributed by atoms with Crippen LogP contribution >= 0.6 is 0 Å². The van der Waals surface area contributed by atoms with Gasteiger partial charge in [-0.05, 0) is 80.3 Å². The van der Waals surface area contributed by atoms with E-state index in [9.17, 15) is 18.0 Å². The summed E-state index contributed by atoms with van der Waals surface area (Å²) < 4.78 is 62.8. The Kier molecular flexibility index (Phi) is 10.2. The zero-order chi connectivity index (χ0) is 35.5. The van der Waals surface area contributed by atoms with Crippen LogP contribution in [-0.2, 0) is 9.53 Å². The number of ether oxygens (including phenoxy) is 3. The first-order valence-corrected chi connectivity index (χ1v) is 16.9. The zero-order valence-electron chi connectivity index (χ0n) is 28.4. The summed E-state index contributed by atoms with van der Waals surface area (Å²) in [6.07, 6.45) is -2.54. The van der Waals surface area contributed by atoms with Gasteiger partial charge in [-0.25, -0.2) is 4.68 Å². The molecule has 50 heavy (non-hydrogen) atoms. The van der Waals surface area contributed by atoms with Gasteiger partial charge in [0.1, 0.15) is 17.6 Å². The summed E-state index contributed by atoms with van der Waals surface area (Å²) in [5.41, 5.74) is 8.16. The molecule has 2 saturated heterocycles. The molecule has 2 aliphatic rings.